The van der Waals surface area contributed by atoms with Gasteiger partial charge in [0.1, 0.15) is 0 Å². The second kappa shape index (κ2) is 12.4. The lowest BCUT2D eigenvalue weighted by Crippen LogP contribution is -2.38. The van der Waals surface area contributed by atoms with Crippen molar-refractivity contribution in [3.05, 3.63) is 11.3 Å². The summed E-state index contributed by atoms with van der Waals surface area (Å²) < 4.78 is 11.3. The first-order valence-corrected chi connectivity index (χ1v) is 8.53. The maximum atomic E-state index is 11.2. The highest BCUT2D eigenvalue weighted by Crippen LogP contribution is 2.09. The third kappa shape index (κ3) is 8.97. The summed E-state index contributed by atoms with van der Waals surface area (Å²) in [6, 6.07) is 0. The summed E-state index contributed by atoms with van der Waals surface area (Å²) >= 11 is 0. The molecule has 0 rings (SSSR count). The maximum Gasteiger partial charge on any atom is 0.425 e. The van der Waals surface area contributed by atoms with E-state index >= 15 is 0 Å². The SMILES string of the molecule is CCC/C=C(\C(=O)[O-])[Si](OCCCC)OCCCC. The molecule has 0 amide bonds. The van der Waals surface area contributed by atoms with Gasteiger partial charge in [-0.2, -0.15) is 0 Å². The van der Waals surface area contributed by atoms with Gasteiger partial charge >= 0.3 is 9.28 Å². The molecule has 19 heavy (non-hydrogen) atoms. The van der Waals surface area contributed by atoms with Gasteiger partial charge in [0.15, 0.2) is 0 Å². The van der Waals surface area contributed by atoms with Crippen molar-refractivity contribution in [2.75, 3.05) is 13.2 Å². The lowest BCUT2D eigenvalue weighted by molar-refractivity contribution is -0.298. The Balaban J connectivity index is 4.57. The highest BCUT2D eigenvalue weighted by molar-refractivity contribution is 6.60. The topological polar surface area (TPSA) is 58.6 Å². The van der Waals surface area contributed by atoms with Gasteiger partial charge in [0.2, 0.25) is 0 Å². The van der Waals surface area contributed by atoms with E-state index in [9.17, 15) is 9.90 Å². The summed E-state index contributed by atoms with van der Waals surface area (Å²) in [5.41, 5.74) is 0. The number of carbonyl (C=O) groups excluding carboxylic acids is 1. The summed E-state index contributed by atoms with van der Waals surface area (Å²) in [6.45, 7) is 7.24. The number of hydrogen-bond donors (Lipinski definition) is 0. The zero-order valence-electron chi connectivity index (χ0n) is 12.4. The Kier molecular flexibility index (Phi) is 12.0. The Morgan fingerprint density at radius 3 is 1.95 bits per heavy atom. The first-order valence-electron chi connectivity index (χ1n) is 7.21. The molecule has 4 nitrogen and oxygen atoms in total. The summed E-state index contributed by atoms with van der Waals surface area (Å²) in [7, 11) is -1.90. The first-order chi connectivity index (χ1) is 9.17. The van der Waals surface area contributed by atoms with Crippen LogP contribution in [-0.2, 0) is 13.6 Å². The van der Waals surface area contributed by atoms with Crippen molar-refractivity contribution in [3.63, 3.8) is 0 Å². The fourth-order valence-corrected chi connectivity index (χ4v) is 2.89. The largest absolute Gasteiger partial charge is 0.545 e. The lowest BCUT2D eigenvalue weighted by atomic mass is 10.3. The fraction of sp³-hybridized carbons (Fsp3) is 0.786. The second-order valence-electron chi connectivity index (χ2n) is 4.39. The highest BCUT2D eigenvalue weighted by atomic mass is 28.3. The van der Waals surface area contributed by atoms with E-state index in [1.54, 1.807) is 6.08 Å². The zero-order chi connectivity index (χ0) is 14.5. The molecular weight excluding hydrogens is 260 g/mol. The summed E-state index contributed by atoms with van der Waals surface area (Å²) in [5.74, 6) is -1.16. The third-order valence-electron chi connectivity index (χ3n) is 2.54. The molecule has 0 spiro atoms. The molecule has 0 N–H and O–H groups in total. The Labute approximate surface area is 118 Å². The number of unbranched alkanes of at least 4 members (excludes halogenated alkanes) is 3. The molecule has 1 radical (unpaired) electrons. The molecule has 0 aliphatic heterocycles. The van der Waals surface area contributed by atoms with Gasteiger partial charge in [-0.1, -0.05) is 46.1 Å². The number of carbonyl (C=O) groups is 1. The zero-order valence-corrected chi connectivity index (χ0v) is 13.4. The Bertz CT molecular complexity index is 256. The van der Waals surface area contributed by atoms with Crippen molar-refractivity contribution in [2.24, 2.45) is 0 Å². The van der Waals surface area contributed by atoms with E-state index in [4.69, 9.17) is 8.85 Å². The average Bonchev–Trinajstić information content (AvgIpc) is 2.38. The van der Waals surface area contributed by atoms with Crippen LogP contribution in [0.2, 0.25) is 0 Å². The average molecular weight is 286 g/mol. The van der Waals surface area contributed by atoms with Gasteiger partial charge in [0.05, 0.1) is 5.97 Å². The van der Waals surface area contributed by atoms with Gasteiger partial charge in [0, 0.05) is 18.4 Å². The van der Waals surface area contributed by atoms with E-state index in [1.165, 1.54) is 0 Å². The van der Waals surface area contributed by atoms with E-state index in [0.29, 0.717) is 19.6 Å². The van der Waals surface area contributed by atoms with Crippen LogP contribution in [0.25, 0.3) is 0 Å². The number of aliphatic carboxylic acids is 1. The molecule has 5 heteroatoms. The van der Waals surface area contributed by atoms with E-state index in [-0.39, 0.29) is 5.20 Å². The Morgan fingerprint density at radius 1 is 1.05 bits per heavy atom. The van der Waals surface area contributed by atoms with Crippen molar-refractivity contribution >= 4 is 15.3 Å². The van der Waals surface area contributed by atoms with Crippen molar-refractivity contribution in [1.82, 2.24) is 0 Å². The number of hydrogen-bond acceptors (Lipinski definition) is 4. The number of carboxylic acid groups (broad SMARTS) is 1. The molecule has 0 heterocycles. The molecular formula is C14H26O4Si-. The van der Waals surface area contributed by atoms with Crippen LogP contribution in [0.5, 0.6) is 0 Å². The molecule has 0 aromatic rings. The van der Waals surface area contributed by atoms with E-state index in [0.717, 1.165) is 32.1 Å². The second-order valence-corrected chi connectivity index (χ2v) is 6.08. The van der Waals surface area contributed by atoms with Crippen LogP contribution in [0.4, 0.5) is 0 Å². The normalized spacial score (nSPS) is 12.1. The van der Waals surface area contributed by atoms with Crippen LogP contribution in [-0.4, -0.2) is 28.5 Å². The maximum absolute atomic E-state index is 11.2. The molecule has 0 aliphatic carbocycles. The van der Waals surface area contributed by atoms with Crippen molar-refractivity contribution in [2.45, 2.75) is 59.3 Å². The molecule has 0 saturated carbocycles. The molecule has 0 unspecified atom stereocenters. The monoisotopic (exact) mass is 286 g/mol. The van der Waals surface area contributed by atoms with Crippen LogP contribution >= 0.6 is 0 Å². The van der Waals surface area contributed by atoms with Crippen LogP contribution in [0.3, 0.4) is 0 Å². The molecule has 0 aromatic heterocycles. The predicted molar refractivity (Wildman–Crippen MR) is 75.5 cm³/mol. The van der Waals surface area contributed by atoms with Gasteiger partial charge in [0.25, 0.3) is 0 Å². The summed E-state index contributed by atoms with van der Waals surface area (Å²) in [5, 5.41) is 11.4. The van der Waals surface area contributed by atoms with E-state index in [2.05, 4.69) is 13.8 Å². The molecule has 0 aromatic carbocycles. The van der Waals surface area contributed by atoms with Crippen molar-refractivity contribution in [1.29, 1.82) is 0 Å². The van der Waals surface area contributed by atoms with Crippen LogP contribution in [0.15, 0.2) is 11.3 Å². The van der Waals surface area contributed by atoms with Crippen molar-refractivity contribution in [3.8, 4) is 0 Å². The fourth-order valence-electron chi connectivity index (χ4n) is 1.35. The summed E-state index contributed by atoms with van der Waals surface area (Å²) in [4.78, 5) is 11.2. The standard InChI is InChI=1S/C14H27O4Si/c1-4-7-10-13(14(15)16)19(17-11-8-5-2)18-12-9-6-3/h10H,4-9,11-12H2,1-3H3,(H,15,16)/p-1/b13-10+. The highest BCUT2D eigenvalue weighted by Gasteiger charge is 2.22. The Morgan fingerprint density at radius 2 is 1.58 bits per heavy atom. The molecule has 111 valence electrons. The van der Waals surface area contributed by atoms with Crippen LogP contribution < -0.4 is 5.11 Å². The predicted octanol–water partition coefficient (Wildman–Crippen LogP) is 2.12. The lowest BCUT2D eigenvalue weighted by Gasteiger charge is -2.19. The number of rotatable bonds is 12. The molecule has 0 atom stereocenters. The smallest absolute Gasteiger partial charge is 0.425 e. The van der Waals surface area contributed by atoms with E-state index in [1.807, 2.05) is 6.92 Å². The van der Waals surface area contributed by atoms with Gasteiger partial charge in [-0.3, -0.25) is 0 Å². The molecule has 0 saturated heterocycles. The van der Waals surface area contributed by atoms with Gasteiger partial charge in [-0.05, 0) is 19.3 Å². The van der Waals surface area contributed by atoms with Crippen LogP contribution in [0.1, 0.15) is 59.3 Å². The molecule has 0 bridgehead atoms. The van der Waals surface area contributed by atoms with Gasteiger partial charge < -0.3 is 18.8 Å². The van der Waals surface area contributed by atoms with Crippen molar-refractivity contribution < 1.29 is 18.8 Å². The number of carboxylic acids is 1. The minimum absolute atomic E-state index is 0.221. The number of allylic oxidation sites excluding steroid dienone is 1. The third-order valence-corrected chi connectivity index (χ3v) is 4.32. The van der Waals surface area contributed by atoms with E-state index < -0.39 is 15.3 Å². The van der Waals surface area contributed by atoms with Gasteiger partial charge in [-0.25, -0.2) is 0 Å². The van der Waals surface area contributed by atoms with Crippen LogP contribution in [0, 0.1) is 0 Å². The Hall–Kier alpha value is -0.653. The summed E-state index contributed by atoms with van der Waals surface area (Å²) in [6.07, 6.45) is 7.18. The minimum Gasteiger partial charge on any atom is -0.545 e. The molecule has 0 fully saturated rings. The van der Waals surface area contributed by atoms with Gasteiger partial charge in [-0.15, -0.1) is 0 Å². The minimum atomic E-state index is -1.90. The molecule has 0 aliphatic rings. The quantitative estimate of drug-likeness (QED) is 0.313. The first kappa shape index (κ1) is 18.3.